The number of morpholine rings is 1. The number of ether oxygens (including phenoxy) is 1. The molecule has 0 spiro atoms. The summed E-state index contributed by atoms with van der Waals surface area (Å²) in [7, 11) is 0. The number of benzene rings is 1. The topological polar surface area (TPSA) is 60.5 Å². The average Bonchev–Trinajstić information content (AvgIpc) is 2.85. The third-order valence-corrected chi connectivity index (χ3v) is 3.75. The van der Waals surface area contributed by atoms with Crippen LogP contribution in [-0.4, -0.2) is 40.0 Å². The molecule has 22 heavy (non-hydrogen) atoms. The lowest BCUT2D eigenvalue weighted by Gasteiger charge is -2.36. The molecule has 118 valence electrons. The summed E-state index contributed by atoms with van der Waals surface area (Å²) in [6.45, 7) is 5.73. The van der Waals surface area contributed by atoms with E-state index in [1.165, 1.54) is 28.9 Å². The van der Waals surface area contributed by atoms with Crippen LogP contribution in [0.5, 0.6) is 0 Å². The van der Waals surface area contributed by atoms with Crippen molar-refractivity contribution < 1.29 is 13.5 Å². The molecule has 0 radical (unpaired) electrons. The Balaban J connectivity index is 1.80. The summed E-state index contributed by atoms with van der Waals surface area (Å²) in [5.41, 5.74) is 0.570. The highest BCUT2D eigenvalue weighted by molar-refractivity contribution is 5.51. The molecule has 0 saturated carbocycles. The van der Waals surface area contributed by atoms with Crippen LogP contribution in [0.1, 0.15) is 13.8 Å². The van der Waals surface area contributed by atoms with Gasteiger partial charge in [-0.2, -0.15) is 4.68 Å². The van der Waals surface area contributed by atoms with Gasteiger partial charge in [-0.3, -0.25) is 4.90 Å². The van der Waals surface area contributed by atoms with Crippen molar-refractivity contribution in [1.82, 2.24) is 14.7 Å². The number of nitrogens with zero attached hydrogens (tertiary/aromatic N) is 3. The van der Waals surface area contributed by atoms with Crippen molar-refractivity contribution in [2.75, 3.05) is 13.2 Å². The van der Waals surface area contributed by atoms with Gasteiger partial charge in [0, 0.05) is 18.2 Å². The molecule has 2 atom stereocenters. The molecule has 6 nitrogen and oxygen atoms in total. The predicted octanol–water partition coefficient (Wildman–Crippen LogP) is 1.71. The van der Waals surface area contributed by atoms with Gasteiger partial charge in [0.05, 0.1) is 12.7 Å². The van der Waals surface area contributed by atoms with Crippen LogP contribution in [0.4, 0.5) is 4.39 Å². The van der Waals surface area contributed by atoms with E-state index < -0.39 is 5.76 Å². The fraction of sp³-hybridized carbons (Fsp3) is 0.467. The van der Waals surface area contributed by atoms with Crippen LogP contribution in [0, 0.1) is 5.82 Å². The third kappa shape index (κ3) is 3.10. The first-order valence-corrected chi connectivity index (χ1v) is 7.22. The normalized spacial score (nSPS) is 22.9. The van der Waals surface area contributed by atoms with E-state index in [9.17, 15) is 9.18 Å². The molecule has 7 heteroatoms. The van der Waals surface area contributed by atoms with Crippen LogP contribution >= 0.6 is 0 Å². The number of hydrogen-bond acceptors (Lipinski definition) is 5. The Labute approximate surface area is 127 Å². The first-order valence-electron chi connectivity index (χ1n) is 7.22. The number of halogens is 1. The molecule has 0 amide bonds. The summed E-state index contributed by atoms with van der Waals surface area (Å²) in [6.07, 6.45) is 0.121. The van der Waals surface area contributed by atoms with Crippen LogP contribution in [0.15, 0.2) is 33.5 Å². The Morgan fingerprint density at radius 1 is 1.32 bits per heavy atom. The SMILES string of the molecule is C[C@@H]1CO[C@@H](C)CN1Cn1nc(-c2ccc(F)cc2)oc1=O. The van der Waals surface area contributed by atoms with Gasteiger partial charge in [-0.1, -0.05) is 0 Å². The van der Waals surface area contributed by atoms with Gasteiger partial charge in [0.15, 0.2) is 0 Å². The lowest BCUT2D eigenvalue weighted by Crippen LogP contribution is -2.48. The fourth-order valence-electron chi connectivity index (χ4n) is 2.45. The summed E-state index contributed by atoms with van der Waals surface area (Å²) < 4.78 is 24.9. The van der Waals surface area contributed by atoms with Gasteiger partial charge in [0.1, 0.15) is 12.5 Å². The summed E-state index contributed by atoms with van der Waals surface area (Å²) in [5, 5.41) is 4.20. The highest BCUT2D eigenvalue weighted by Gasteiger charge is 2.25. The number of rotatable bonds is 3. The van der Waals surface area contributed by atoms with Crippen molar-refractivity contribution in [2.45, 2.75) is 32.7 Å². The zero-order valence-electron chi connectivity index (χ0n) is 12.5. The van der Waals surface area contributed by atoms with Crippen LogP contribution in [0.3, 0.4) is 0 Å². The van der Waals surface area contributed by atoms with Crippen molar-refractivity contribution >= 4 is 0 Å². The fourth-order valence-corrected chi connectivity index (χ4v) is 2.45. The minimum absolute atomic E-state index is 0.121. The van der Waals surface area contributed by atoms with E-state index >= 15 is 0 Å². The predicted molar refractivity (Wildman–Crippen MR) is 77.7 cm³/mol. The molecular formula is C15H18FN3O3. The second-order valence-electron chi connectivity index (χ2n) is 5.59. The maximum absolute atomic E-state index is 12.9. The molecule has 0 bridgehead atoms. The zero-order chi connectivity index (χ0) is 15.7. The first kappa shape index (κ1) is 14.9. The van der Waals surface area contributed by atoms with E-state index in [4.69, 9.17) is 9.15 Å². The maximum Gasteiger partial charge on any atom is 0.438 e. The molecule has 1 fully saturated rings. The second kappa shape index (κ2) is 6.02. The molecule has 3 rings (SSSR count). The van der Waals surface area contributed by atoms with E-state index in [0.717, 1.165) is 6.54 Å². The number of hydrogen-bond donors (Lipinski definition) is 0. The quantitative estimate of drug-likeness (QED) is 0.864. The van der Waals surface area contributed by atoms with E-state index in [0.29, 0.717) is 18.8 Å². The highest BCUT2D eigenvalue weighted by atomic mass is 19.1. The van der Waals surface area contributed by atoms with Crippen molar-refractivity contribution in [3.05, 3.63) is 40.6 Å². The smallest absolute Gasteiger partial charge is 0.388 e. The lowest BCUT2D eigenvalue weighted by molar-refractivity contribution is -0.0629. The van der Waals surface area contributed by atoms with Crippen LogP contribution in [0.25, 0.3) is 11.5 Å². The molecule has 1 aromatic heterocycles. The summed E-state index contributed by atoms with van der Waals surface area (Å²) in [5.74, 6) is -0.675. The molecule has 0 aliphatic carbocycles. The largest absolute Gasteiger partial charge is 0.438 e. The van der Waals surface area contributed by atoms with Crippen molar-refractivity contribution in [3.8, 4) is 11.5 Å². The Bertz CT molecular complexity index is 695. The monoisotopic (exact) mass is 307 g/mol. The summed E-state index contributed by atoms with van der Waals surface area (Å²) in [6, 6.07) is 5.88. The van der Waals surface area contributed by atoms with Crippen molar-refractivity contribution in [1.29, 1.82) is 0 Å². The molecule has 0 unspecified atom stereocenters. The van der Waals surface area contributed by atoms with Gasteiger partial charge in [0.25, 0.3) is 0 Å². The zero-order valence-corrected chi connectivity index (χ0v) is 12.5. The molecule has 2 aromatic rings. The van der Waals surface area contributed by atoms with E-state index in [1.54, 1.807) is 0 Å². The molecule has 0 N–H and O–H groups in total. The van der Waals surface area contributed by atoms with Gasteiger partial charge < -0.3 is 9.15 Å². The standard InChI is InChI=1S/C15H18FN3O3/c1-10-8-21-11(2)7-18(10)9-19-15(20)22-14(17-19)12-3-5-13(16)6-4-12/h3-6,10-11H,7-9H2,1-2H3/t10-,11+/m1/s1. The lowest BCUT2D eigenvalue weighted by atomic mass is 10.2. The van der Waals surface area contributed by atoms with Crippen molar-refractivity contribution in [3.63, 3.8) is 0 Å². The van der Waals surface area contributed by atoms with E-state index in [1.807, 2.05) is 13.8 Å². The van der Waals surface area contributed by atoms with Crippen LogP contribution in [-0.2, 0) is 11.4 Å². The van der Waals surface area contributed by atoms with Crippen LogP contribution < -0.4 is 5.76 Å². The minimum Gasteiger partial charge on any atom is -0.388 e. The summed E-state index contributed by atoms with van der Waals surface area (Å²) >= 11 is 0. The Morgan fingerprint density at radius 3 is 2.77 bits per heavy atom. The van der Waals surface area contributed by atoms with Gasteiger partial charge >= 0.3 is 5.76 Å². The number of aromatic nitrogens is 2. The molecule has 1 aliphatic heterocycles. The first-order chi connectivity index (χ1) is 10.5. The van der Waals surface area contributed by atoms with Crippen molar-refractivity contribution in [2.24, 2.45) is 0 Å². The molecule has 2 heterocycles. The molecule has 1 saturated heterocycles. The van der Waals surface area contributed by atoms with Gasteiger partial charge in [-0.25, -0.2) is 9.18 Å². The average molecular weight is 307 g/mol. The maximum atomic E-state index is 12.9. The van der Waals surface area contributed by atoms with Gasteiger partial charge in [-0.15, -0.1) is 5.10 Å². The van der Waals surface area contributed by atoms with E-state index in [-0.39, 0.29) is 23.9 Å². The molecule has 1 aliphatic rings. The second-order valence-corrected chi connectivity index (χ2v) is 5.59. The van der Waals surface area contributed by atoms with Gasteiger partial charge in [-0.05, 0) is 38.1 Å². The Morgan fingerprint density at radius 2 is 2.05 bits per heavy atom. The Hall–Kier alpha value is -1.99. The highest BCUT2D eigenvalue weighted by Crippen LogP contribution is 2.16. The van der Waals surface area contributed by atoms with E-state index in [2.05, 4.69) is 10.00 Å². The van der Waals surface area contributed by atoms with Crippen LogP contribution in [0.2, 0.25) is 0 Å². The van der Waals surface area contributed by atoms with Gasteiger partial charge in [0.2, 0.25) is 5.89 Å². The minimum atomic E-state index is -0.523. The molecular weight excluding hydrogens is 289 g/mol. The Kier molecular flexibility index (Phi) is 4.08. The third-order valence-electron chi connectivity index (χ3n) is 3.75. The summed E-state index contributed by atoms with van der Waals surface area (Å²) in [4.78, 5) is 14.1. The molecule has 1 aromatic carbocycles.